The first-order valence-corrected chi connectivity index (χ1v) is 6.22. The first-order chi connectivity index (χ1) is 8.16. The van der Waals surface area contributed by atoms with Gasteiger partial charge in [-0.05, 0) is 25.3 Å². The van der Waals surface area contributed by atoms with Gasteiger partial charge in [-0.2, -0.15) is 0 Å². The molecule has 0 amide bonds. The zero-order chi connectivity index (χ0) is 12.3. The van der Waals surface area contributed by atoms with Crippen LogP contribution in [-0.4, -0.2) is 15.3 Å². The van der Waals surface area contributed by atoms with Crippen LogP contribution < -0.4 is 5.69 Å². The van der Waals surface area contributed by atoms with E-state index >= 15 is 0 Å². The Bertz CT molecular complexity index is 459. The summed E-state index contributed by atoms with van der Waals surface area (Å²) in [5.74, 6) is 0.329. The van der Waals surface area contributed by atoms with E-state index in [1.54, 1.807) is 6.20 Å². The lowest BCUT2D eigenvalue weighted by Gasteiger charge is -2.20. The van der Waals surface area contributed by atoms with E-state index in [-0.39, 0.29) is 23.9 Å². The van der Waals surface area contributed by atoms with Crippen LogP contribution >= 0.6 is 0 Å². The van der Waals surface area contributed by atoms with Gasteiger partial charge < -0.3 is 0 Å². The molecule has 0 saturated heterocycles. The Hall–Kier alpha value is -1.45. The van der Waals surface area contributed by atoms with Crippen LogP contribution in [0.25, 0.3) is 0 Å². The van der Waals surface area contributed by atoms with Crippen molar-refractivity contribution in [3.05, 3.63) is 28.4 Å². The monoisotopic (exact) mass is 234 g/mol. The highest BCUT2D eigenvalue weighted by Gasteiger charge is 2.21. The summed E-state index contributed by atoms with van der Waals surface area (Å²) in [4.78, 5) is 27.3. The highest BCUT2D eigenvalue weighted by molar-refractivity contribution is 5.80. The van der Waals surface area contributed by atoms with Crippen molar-refractivity contribution in [1.29, 1.82) is 0 Å². The highest BCUT2D eigenvalue weighted by Crippen LogP contribution is 2.24. The molecule has 0 bridgehead atoms. The van der Waals surface area contributed by atoms with Crippen molar-refractivity contribution in [3.8, 4) is 0 Å². The van der Waals surface area contributed by atoms with Gasteiger partial charge in [-0.3, -0.25) is 9.36 Å². The van der Waals surface area contributed by atoms with E-state index in [2.05, 4.69) is 4.98 Å². The van der Waals surface area contributed by atoms with Gasteiger partial charge in [0.05, 0.1) is 6.54 Å². The van der Waals surface area contributed by atoms with E-state index in [4.69, 9.17) is 0 Å². The van der Waals surface area contributed by atoms with E-state index in [0.29, 0.717) is 0 Å². The van der Waals surface area contributed by atoms with E-state index in [1.165, 1.54) is 17.2 Å². The normalized spacial score (nSPS) is 17.0. The molecule has 1 aromatic heterocycles. The van der Waals surface area contributed by atoms with Gasteiger partial charge in [-0.1, -0.05) is 19.3 Å². The number of carbonyl (C=O) groups excluding carboxylic acids is 1. The van der Waals surface area contributed by atoms with Crippen molar-refractivity contribution < 1.29 is 4.79 Å². The van der Waals surface area contributed by atoms with Crippen molar-refractivity contribution in [1.82, 2.24) is 9.55 Å². The van der Waals surface area contributed by atoms with Crippen LogP contribution in [0.3, 0.4) is 0 Å². The summed E-state index contributed by atoms with van der Waals surface area (Å²) < 4.78 is 1.42. The van der Waals surface area contributed by atoms with Gasteiger partial charge in [0.15, 0.2) is 5.78 Å². The molecule has 0 unspecified atom stereocenters. The van der Waals surface area contributed by atoms with Crippen molar-refractivity contribution in [2.24, 2.45) is 5.92 Å². The Balaban J connectivity index is 2.07. The molecule has 1 aromatic rings. The van der Waals surface area contributed by atoms with Gasteiger partial charge in [0, 0.05) is 18.3 Å². The van der Waals surface area contributed by atoms with Crippen molar-refractivity contribution in [3.63, 3.8) is 0 Å². The minimum Gasteiger partial charge on any atom is -0.297 e. The number of carbonyl (C=O) groups is 1. The molecule has 0 aromatic carbocycles. The third-order valence-electron chi connectivity index (χ3n) is 3.37. The summed E-state index contributed by atoms with van der Waals surface area (Å²) in [6.07, 6.45) is 8.70. The average Bonchev–Trinajstić information content (AvgIpc) is 2.35. The molecule has 1 aliphatic carbocycles. The minimum atomic E-state index is -0.334. The number of hydrogen-bond donors (Lipinski definition) is 0. The predicted octanol–water partition coefficient (Wildman–Crippen LogP) is 1.70. The summed E-state index contributed by atoms with van der Waals surface area (Å²) in [5.41, 5.74) is 0.570. The molecule has 0 atom stereocenters. The van der Waals surface area contributed by atoms with Crippen molar-refractivity contribution in [2.75, 3.05) is 0 Å². The molecule has 0 radical (unpaired) electrons. The second-order valence-corrected chi connectivity index (χ2v) is 4.84. The predicted molar refractivity (Wildman–Crippen MR) is 64.8 cm³/mol. The standard InChI is InChI=1S/C13H18N2O2/c1-10-7-14-13(17)15(8-10)9-12(16)11-5-3-2-4-6-11/h7-8,11H,2-6,9H2,1H3. The molecule has 4 nitrogen and oxygen atoms in total. The summed E-state index contributed by atoms with van der Waals surface area (Å²) in [5, 5.41) is 0. The smallest absolute Gasteiger partial charge is 0.297 e. The maximum absolute atomic E-state index is 12.0. The van der Waals surface area contributed by atoms with Gasteiger partial charge in [-0.25, -0.2) is 9.78 Å². The molecule has 2 rings (SSSR count). The van der Waals surface area contributed by atoms with E-state index in [1.807, 2.05) is 6.92 Å². The molecule has 0 N–H and O–H groups in total. The Morgan fingerprint density at radius 3 is 2.82 bits per heavy atom. The Morgan fingerprint density at radius 1 is 1.41 bits per heavy atom. The van der Waals surface area contributed by atoms with Crippen molar-refractivity contribution >= 4 is 5.78 Å². The third kappa shape index (κ3) is 3.02. The first kappa shape index (κ1) is 12.0. The molecule has 17 heavy (non-hydrogen) atoms. The molecule has 0 spiro atoms. The topological polar surface area (TPSA) is 52.0 Å². The van der Waals surface area contributed by atoms with E-state index in [0.717, 1.165) is 31.2 Å². The fraction of sp³-hybridized carbons (Fsp3) is 0.615. The Labute approximate surface area is 101 Å². The first-order valence-electron chi connectivity index (χ1n) is 6.22. The van der Waals surface area contributed by atoms with E-state index in [9.17, 15) is 9.59 Å². The Kier molecular flexibility index (Phi) is 3.71. The van der Waals surface area contributed by atoms with Gasteiger partial charge in [0.2, 0.25) is 0 Å². The number of aryl methyl sites for hydroxylation is 1. The fourth-order valence-corrected chi connectivity index (χ4v) is 2.40. The number of rotatable bonds is 3. The summed E-state index contributed by atoms with van der Waals surface area (Å²) in [6.45, 7) is 2.05. The molecule has 0 aliphatic heterocycles. The average molecular weight is 234 g/mol. The van der Waals surface area contributed by atoms with Crippen LogP contribution in [0.5, 0.6) is 0 Å². The van der Waals surface area contributed by atoms with Crippen molar-refractivity contribution in [2.45, 2.75) is 45.6 Å². The lowest BCUT2D eigenvalue weighted by molar-refractivity contribution is -0.124. The number of ketones is 1. The van der Waals surface area contributed by atoms with Crippen LogP contribution in [0.15, 0.2) is 17.2 Å². The molecule has 92 valence electrons. The van der Waals surface area contributed by atoms with Gasteiger partial charge in [0.25, 0.3) is 0 Å². The quantitative estimate of drug-likeness (QED) is 0.800. The highest BCUT2D eigenvalue weighted by atomic mass is 16.2. The SMILES string of the molecule is Cc1cnc(=O)n(CC(=O)C2CCCCC2)c1. The maximum atomic E-state index is 12.0. The van der Waals surface area contributed by atoms with Crippen LogP contribution in [0.2, 0.25) is 0 Å². The number of nitrogens with zero attached hydrogens (tertiary/aromatic N) is 2. The zero-order valence-corrected chi connectivity index (χ0v) is 10.2. The number of hydrogen-bond acceptors (Lipinski definition) is 3. The minimum absolute atomic E-state index is 0.149. The van der Waals surface area contributed by atoms with Gasteiger partial charge in [-0.15, -0.1) is 0 Å². The lowest BCUT2D eigenvalue weighted by atomic mass is 9.86. The molecule has 4 heteroatoms. The van der Waals surface area contributed by atoms with Gasteiger partial charge >= 0.3 is 5.69 Å². The molecule has 1 saturated carbocycles. The lowest BCUT2D eigenvalue weighted by Crippen LogP contribution is -2.30. The second kappa shape index (κ2) is 5.25. The van der Waals surface area contributed by atoms with Crippen LogP contribution in [0.1, 0.15) is 37.7 Å². The summed E-state index contributed by atoms with van der Waals surface area (Å²) >= 11 is 0. The zero-order valence-electron chi connectivity index (χ0n) is 10.2. The third-order valence-corrected chi connectivity index (χ3v) is 3.37. The van der Waals surface area contributed by atoms with Crippen LogP contribution in [0, 0.1) is 12.8 Å². The molecular formula is C13H18N2O2. The number of Topliss-reactive ketones (excluding diaryl/α,β-unsaturated/α-hetero) is 1. The second-order valence-electron chi connectivity index (χ2n) is 4.84. The van der Waals surface area contributed by atoms with Crippen LogP contribution in [-0.2, 0) is 11.3 Å². The largest absolute Gasteiger partial charge is 0.347 e. The molecule has 1 fully saturated rings. The molecule has 1 aliphatic rings. The summed E-state index contributed by atoms with van der Waals surface area (Å²) in [6, 6.07) is 0. The van der Waals surface area contributed by atoms with Crippen LogP contribution in [0.4, 0.5) is 0 Å². The number of aromatic nitrogens is 2. The maximum Gasteiger partial charge on any atom is 0.347 e. The van der Waals surface area contributed by atoms with Gasteiger partial charge in [0.1, 0.15) is 0 Å². The van der Waals surface area contributed by atoms with E-state index < -0.39 is 0 Å². The molecule has 1 heterocycles. The fourth-order valence-electron chi connectivity index (χ4n) is 2.40. The molecular weight excluding hydrogens is 216 g/mol. The summed E-state index contributed by atoms with van der Waals surface area (Å²) in [7, 11) is 0. The Morgan fingerprint density at radius 2 is 2.12 bits per heavy atom.